The molecule has 4 heterocycles. The Morgan fingerprint density at radius 2 is 2.29 bits per heavy atom. The molecule has 13 heteroatoms. The highest BCUT2D eigenvalue weighted by atomic mass is 32.2. The number of rotatable bonds is 5. The summed E-state index contributed by atoms with van der Waals surface area (Å²) in [5.74, 6) is 1.15. The van der Waals surface area contributed by atoms with Crippen LogP contribution in [0, 0.1) is 6.92 Å². The Morgan fingerprint density at radius 1 is 1.50 bits per heavy atom. The van der Waals surface area contributed by atoms with Gasteiger partial charge in [0, 0.05) is 22.8 Å². The number of nitrogens with two attached hydrogens (primary N) is 1. The minimum absolute atomic E-state index is 0.0344. The molecule has 1 amide bonds. The molecule has 0 saturated carbocycles. The van der Waals surface area contributed by atoms with Crippen LogP contribution in [0.4, 0.5) is 4.79 Å². The SMILES string of the molecule is Cc1cc(SCC2=C(OC(=O)O)N3C(=O)[C@@H](N)[C@H]3SC2)n2nc(CO)nc2n1. The lowest BCUT2D eigenvalue weighted by atomic mass is 10.1. The molecule has 0 bridgehead atoms. The van der Waals surface area contributed by atoms with Gasteiger partial charge in [0.25, 0.3) is 5.78 Å². The zero-order valence-electron chi connectivity index (χ0n) is 14.6. The van der Waals surface area contributed by atoms with Crippen LogP contribution >= 0.6 is 23.5 Å². The number of carbonyl (C=O) groups is 2. The van der Waals surface area contributed by atoms with Crippen molar-refractivity contribution in [2.24, 2.45) is 5.73 Å². The van der Waals surface area contributed by atoms with Crippen LogP contribution in [0.1, 0.15) is 11.5 Å². The smallest absolute Gasteiger partial charge is 0.449 e. The molecule has 0 aromatic carbocycles. The average molecular weight is 424 g/mol. The Morgan fingerprint density at radius 3 is 3.00 bits per heavy atom. The van der Waals surface area contributed by atoms with Gasteiger partial charge in [-0.3, -0.25) is 9.69 Å². The fraction of sp³-hybridized carbons (Fsp3) is 0.400. The van der Waals surface area contributed by atoms with Crippen LogP contribution in [-0.4, -0.2) is 69.7 Å². The molecule has 2 aromatic heterocycles. The van der Waals surface area contributed by atoms with E-state index in [1.54, 1.807) is 0 Å². The van der Waals surface area contributed by atoms with Gasteiger partial charge in [-0.05, 0) is 13.0 Å². The lowest BCUT2D eigenvalue weighted by molar-refractivity contribution is -0.144. The molecule has 2 atom stereocenters. The van der Waals surface area contributed by atoms with Gasteiger partial charge in [-0.1, -0.05) is 0 Å². The van der Waals surface area contributed by atoms with E-state index in [0.29, 0.717) is 22.9 Å². The summed E-state index contributed by atoms with van der Waals surface area (Å²) in [4.78, 5) is 32.9. The molecule has 2 aliphatic heterocycles. The van der Waals surface area contributed by atoms with Crippen LogP contribution in [0.2, 0.25) is 0 Å². The third kappa shape index (κ3) is 3.19. The number of nitrogens with zero attached hydrogens (tertiary/aromatic N) is 5. The van der Waals surface area contributed by atoms with Crippen molar-refractivity contribution in [2.75, 3.05) is 11.5 Å². The summed E-state index contributed by atoms with van der Waals surface area (Å²) < 4.78 is 6.44. The predicted molar refractivity (Wildman–Crippen MR) is 99.4 cm³/mol. The van der Waals surface area contributed by atoms with Crippen molar-refractivity contribution >= 4 is 41.4 Å². The minimum Gasteiger partial charge on any atom is -0.449 e. The Hall–Kier alpha value is -2.35. The Balaban J connectivity index is 1.63. The van der Waals surface area contributed by atoms with Gasteiger partial charge in [0.1, 0.15) is 23.0 Å². The van der Waals surface area contributed by atoms with Gasteiger partial charge in [0.2, 0.25) is 11.8 Å². The number of thioether (sulfide) groups is 2. The standard InChI is InChI=1S/C15H16N6O5S2/c1-6-2-9(21-14(17-6)18-8(3-22)19-21)27-4-7-5-28-13-10(16)11(23)20(13)12(7)26-15(24)25/h2,10,13,22H,3-5,16H2,1H3,(H,24,25)/t10-,13-/m1/s1. The number of ether oxygens (including phenoxy) is 1. The van der Waals surface area contributed by atoms with E-state index in [1.807, 2.05) is 13.0 Å². The van der Waals surface area contributed by atoms with E-state index in [-0.39, 0.29) is 29.6 Å². The van der Waals surface area contributed by atoms with Crippen LogP contribution < -0.4 is 5.73 Å². The van der Waals surface area contributed by atoms with Crippen LogP contribution in [0.15, 0.2) is 22.5 Å². The van der Waals surface area contributed by atoms with E-state index < -0.39 is 12.2 Å². The molecule has 0 unspecified atom stereocenters. The van der Waals surface area contributed by atoms with Crippen LogP contribution in [0.25, 0.3) is 5.78 Å². The number of aliphatic hydroxyl groups excluding tert-OH is 1. The summed E-state index contributed by atoms with van der Waals surface area (Å²) in [6.45, 7) is 1.51. The van der Waals surface area contributed by atoms with Crippen LogP contribution in [0.5, 0.6) is 0 Å². The van der Waals surface area contributed by atoms with E-state index in [4.69, 9.17) is 15.6 Å². The summed E-state index contributed by atoms with van der Waals surface area (Å²) in [6.07, 6.45) is -1.48. The largest absolute Gasteiger partial charge is 0.512 e. The van der Waals surface area contributed by atoms with Crippen molar-refractivity contribution in [1.29, 1.82) is 0 Å². The summed E-state index contributed by atoms with van der Waals surface area (Å²) in [5.41, 5.74) is 7.18. The second kappa shape index (κ2) is 7.24. The lowest BCUT2D eigenvalue weighted by Gasteiger charge is -2.47. The Labute approximate surface area is 166 Å². The molecule has 1 fully saturated rings. The third-order valence-electron chi connectivity index (χ3n) is 4.20. The molecule has 4 rings (SSSR count). The number of hydrogen-bond donors (Lipinski definition) is 3. The first-order valence-corrected chi connectivity index (χ1v) is 10.2. The molecule has 28 heavy (non-hydrogen) atoms. The summed E-state index contributed by atoms with van der Waals surface area (Å²) in [7, 11) is 0. The lowest BCUT2D eigenvalue weighted by Crippen LogP contribution is -2.68. The Kier molecular flexibility index (Phi) is 4.91. The predicted octanol–water partition coefficient (Wildman–Crippen LogP) is 0.166. The summed E-state index contributed by atoms with van der Waals surface area (Å²) in [6, 6.07) is 1.16. The van der Waals surface area contributed by atoms with E-state index in [1.165, 1.54) is 32.9 Å². The maximum absolute atomic E-state index is 12.1. The molecule has 1 saturated heterocycles. The van der Waals surface area contributed by atoms with Gasteiger partial charge in [-0.15, -0.1) is 28.6 Å². The molecule has 4 N–H and O–H groups in total. The number of β-lactam (4-membered cyclic amide) rings is 1. The number of carbonyl (C=O) groups excluding carboxylic acids is 1. The highest BCUT2D eigenvalue weighted by Gasteiger charge is 2.51. The fourth-order valence-corrected chi connectivity index (χ4v) is 5.38. The fourth-order valence-electron chi connectivity index (χ4n) is 2.93. The first-order valence-electron chi connectivity index (χ1n) is 8.19. The van der Waals surface area contributed by atoms with Crippen LogP contribution in [0.3, 0.4) is 0 Å². The molecule has 2 aromatic rings. The van der Waals surface area contributed by atoms with Crippen molar-refractivity contribution in [3.05, 3.63) is 29.0 Å². The van der Waals surface area contributed by atoms with E-state index in [9.17, 15) is 14.7 Å². The van der Waals surface area contributed by atoms with Crippen molar-refractivity contribution in [2.45, 2.75) is 30.0 Å². The topological polar surface area (TPSA) is 156 Å². The summed E-state index contributed by atoms with van der Waals surface area (Å²) >= 11 is 2.85. The highest BCUT2D eigenvalue weighted by molar-refractivity contribution is 8.01. The maximum atomic E-state index is 12.1. The van der Waals surface area contributed by atoms with Crippen molar-refractivity contribution < 1.29 is 24.5 Å². The van der Waals surface area contributed by atoms with Gasteiger partial charge in [0.05, 0.1) is 0 Å². The molecule has 0 radical (unpaired) electrons. The number of aryl methyl sites for hydroxylation is 1. The molecule has 0 aliphatic carbocycles. The molecule has 0 spiro atoms. The van der Waals surface area contributed by atoms with Gasteiger partial charge >= 0.3 is 6.16 Å². The number of fused-ring (bicyclic) bond motifs is 2. The molecule has 148 valence electrons. The Bertz CT molecular complexity index is 1010. The van der Waals surface area contributed by atoms with Crippen LogP contribution in [-0.2, 0) is 16.1 Å². The number of hydrogen-bond acceptors (Lipinski definition) is 10. The van der Waals surface area contributed by atoms with E-state index in [0.717, 1.165) is 10.7 Å². The summed E-state index contributed by atoms with van der Waals surface area (Å²) in [5, 5.41) is 22.9. The van der Waals surface area contributed by atoms with Crippen molar-refractivity contribution in [3.8, 4) is 0 Å². The average Bonchev–Trinajstić information content (AvgIpc) is 3.08. The zero-order valence-corrected chi connectivity index (χ0v) is 16.2. The number of carboxylic acid groups (broad SMARTS) is 1. The molecule has 2 aliphatic rings. The number of aliphatic hydroxyl groups is 1. The van der Waals surface area contributed by atoms with Gasteiger partial charge in [0.15, 0.2) is 5.82 Å². The maximum Gasteiger partial charge on any atom is 0.512 e. The van der Waals surface area contributed by atoms with Crippen molar-refractivity contribution in [1.82, 2.24) is 24.5 Å². The molecular formula is C15H16N6O5S2. The number of amides is 1. The van der Waals surface area contributed by atoms with Gasteiger partial charge < -0.3 is 20.7 Å². The quantitative estimate of drug-likeness (QED) is 0.260. The highest BCUT2D eigenvalue weighted by Crippen LogP contribution is 2.41. The molecular weight excluding hydrogens is 408 g/mol. The van der Waals surface area contributed by atoms with Gasteiger partial charge in [-0.2, -0.15) is 9.50 Å². The zero-order chi connectivity index (χ0) is 20.0. The second-order valence-corrected chi connectivity index (χ2v) is 8.24. The third-order valence-corrected chi connectivity index (χ3v) is 6.64. The minimum atomic E-state index is -1.48. The second-order valence-electron chi connectivity index (χ2n) is 6.13. The monoisotopic (exact) mass is 424 g/mol. The number of aromatic nitrogens is 4. The van der Waals surface area contributed by atoms with Crippen molar-refractivity contribution in [3.63, 3.8) is 0 Å². The van der Waals surface area contributed by atoms with E-state index >= 15 is 0 Å². The van der Waals surface area contributed by atoms with E-state index in [2.05, 4.69) is 15.1 Å². The first-order chi connectivity index (χ1) is 13.4. The van der Waals surface area contributed by atoms with Gasteiger partial charge in [-0.25, -0.2) is 9.78 Å². The first kappa shape index (κ1) is 19.0. The normalized spacial score (nSPS) is 21.7. The molecule has 11 nitrogen and oxygen atoms in total.